The van der Waals surface area contributed by atoms with Gasteiger partial charge < -0.3 is 19.8 Å². The summed E-state index contributed by atoms with van der Waals surface area (Å²) in [4.78, 5) is 19.0. The number of carbonyl (C=O) groups excluding carboxylic acids is 1. The Morgan fingerprint density at radius 2 is 1.73 bits per heavy atom. The quantitative estimate of drug-likeness (QED) is 0.584. The van der Waals surface area contributed by atoms with Crippen LogP contribution in [-0.2, 0) is 16.2 Å². The predicted molar refractivity (Wildman–Crippen MR) is 104 cm³/mol. The predicted octanol–water partition coefficient (Wildman–Crippen LogP) is 2.82. The Hall–Kier alpha value is -3.02. The number of carbonyl (C=O) groups is 1. The van der Waals surface area contributed by atoms with Crippen molar-refractivity contribution in [3.05, 3.63) is 59.7 Å². The van der Waals surface area contributed by atoms with Crippen LogP contribution >= 0.6 is 0 Å². The fourth-order valence-corrected chi connectivity index (χ4v) is 2.24. The number of rotatable bonds is 8. The fraction of sp³-hybridized carbons (Fsp3) is 0.300. The van der Waals surface area contributed by atoms with Crippen molar-refractivity contribution in [2.45, 2.75) is 13.5 Å². The minimum atomic E-state index is -0.215. The first-order valence-electron chi connectivity index (χ1n) is 8.33. The molecule has 0 bridgehead atoms. The minimum absolute atomic E-state index is 0.122. The lowest BCUT2D eigenvalue weighted by Gasteiger charge is -2.12. The van der Waals surface area contributed by atoms with Crippen LogP contribution in [0.4, 0.5) is 5.69 Å². The van der Waals surface area contributed by atoms with Crippen LogP contribution in [0, 0.1) is 0 Å². The number of hydrogen-bond donors (Lipinski definition) is 1. The Bertz CT molecular complexity index is 738. The highest BCUT2D eigenvalue weighted by atomic mass is 16.6. The summed E-state index contributed by atoms with van der Waals surface area (Å²) in [6.45, 7) is 2.16. The molecule has 6 nitrogen and oxygen atoms in total. The van der Waals surface area contributed by atoms with Crippen molar-refractivity contribution in [1.82, 2.24) is 5.32 Å². The zero-order valence-electron chi connectivity index (χ0n) is 15.7. The SMILES string of the molecule is COc1ccc(/C(C)=N\OCC(=O)NCc2ccc(N(C)C)cc2)cc1. The van der Waals surface area contributed by atoms with E-state index in [9.17, 15) is 4.79 Å². The molecule has 1 N–H and O–H groups in total. The van der Waals surface area contributed by atoms with Crippen LogP contribution in [0.25, 0.3) is 0 Å². The summed E-state index contributed by atoms with van der Waals surface area (Å²) in [6, 6.07) is 15.5. The Morgan fingerprint density at radius 1 is 1.08 bits per heavy atom. The summed E-state index contributed by atoms with van der Waals surface area (Å²) >= 11 is 0. The van der Waals surface area contributed by atoms with Gasteiger partial charge in [0.25, 0.3) is 5.91 Å². The van der Waals surface area contributed by atoms with Gasteiger partial charge in [0.15, 0.2) is 6.61 Å². The molecule has 138 valence electrons. The Morgan fingerprint density at radius 3 is 2.31 bits per heavy atom. The maximum absolute atomic E-state index is 11.9. The molecule has 0 aliphatic carbocycles. The van der Waals surface area contributed by atoms with E-state index in [0.29, 0.717) is 12.3 Å². The maximum Gasteiger partial charge on any atom is 0.261 e. The molecule has 1 amide bonds. The zero-order chi connectivity index (χ0) is 18.9. The molecule has 2 aromatic carbocycles. The van der Waals surface area contributed by atoms with Crippen molar-refractivity contribution >= 4 is 17.3 Å². The molecule has 0 spiro atoms. The summed E-state index contributed by atoms with van der Waals surface area (Å²) in [7, 11) is 5.60. The monoisotopic (exact) mass is 355 g/mol. The third-order valence-electron chi connectivity index (χ3n) is 3.85. The highest BCUT2D eigenvalue weighted by molar-refractivity contribution is 5.98. The number of hydrogen-bond acceptors (Lipinski definition) is 5. The average molecular weight is 355 g/mol. The first-order chi connectivity index (χ1) is 12.5. The molecule has 0 unspecified atom stereocenters. The van der Waals surface area contributed by atoms with Crippen LogP contribution < -0.4 is 15.0 Å². The second-order valence-corrected chi connectivity index (χ2v) is 6.02. The zero-order valence-corrected chi connectivity index (χ0v) is 15.7. The van der Waals surface area contributed by atoms with Crippen LogP contribution in [0.1, 0.15) is 18.1 Å². The Labute approximate surface area is 154 Å². The number of anilines is 1. The highest BCUT2D eigenvalue weighted by Crippen LogP contribution is 2.13. The molecule has 2 rings (SSSR count). The molecule has 0 atom stereocenters. The van der Waals surface area contributed by atoms with Crippen molar-refractivity contribution in [2.24, 2.45) is 5.16 Å². The van der Waals surface area contributed by atoms with Gasteiger partial charge in [0.2, 0.25) is 0 Å². The molecule has 0 radical (unpaired) electrons. The van der Waals surface area contributed by atoms with E-state index in [4.69, 9.17) is 9.57 Å². The molecule has 0 aliphatic rings. The van der Waals surface area contributed by atoms with Gasteiger partial charge in [-0.15, -0.1) is 0 Å². The second-order valence-electron chi connectivity index (χ2n) is 6.02. The van der Waals surface area contributed by atoms with Crippen LogP contribution in [0.3, 0.4) is 0 Å². The molecule has 0 fully saturated rings. The average Bonchev–Trinajstić information content (AvgIpc) is 2.66. The van der Waals surface area contributed by atoms with E-state index >= 15 is 0 Å². The number of ether oxygens (including phenoxy) is 1. The van der Waals surface area contributed by atoms with Crippen LogP contribution in [0.2, 0.25) is 0 Å². The largest absolute Gasteiger partial charge is 0.497 e. The van der Waals surface area contributed by atoms with Gasteiger partial charge in [0.05, 0.1) is 12.8 Å². The number of nitrogens with one attached hydrogen (secondary N) is 1. The third kappa shape index (κ3) is 5.81. The van der Waals surface area contributed by atoms with Crippen molar-refractivity contribution in [1.29, 1.82) is 0 Å². The number of oxime groups is 1. The molecule has 0 saturated carbocycles. The molecule has 2 aromatic rings. The van der Waals surface area contributed by atoms with Crippen molar-refractivity contribution in [3.63, 3.8) is 0 Å². The van der Waals surface area contributed by atoms with Crippen LogP contribution in [0.15, 0.2) is 53.7 Å². The fourth-order valence-electron chi connectivity index (χ4n) is 2.24. The highest BCUT2D eigenvalue weighted by Gasteiger charge is 2.04. The molecule has 0 aromatic heterocycles. The molecular weight excluding hydrogens is 330 g/mol. The number of nitrogens with zero attached hydrogens (tertiary/aromatic N) is 2. The lowest BCUT2D eigenvalue weighted by atomic mass is 10.1. The number of methoxy groups -OCH3 is 1. The van der Waals surface area contributed by atoms with Gasteiger partial charge in [-0.25, -0.2) is 0 Å². The second kappa shape index (κ2) is 9.46. The summed E-state index contributed by atoms with van der Waals surface area (Å²) < 4.78 is 5.12. The van der Waals surface area contributed by atoms with Gasteiger partial charge in [-0.05, 0) is 54.4 Å². The topological polar surface area (TPSA) is 63.2 Å². The van der Waals surface area contributed by atoms with E-state index in [1.54, 1.807) is 7.11 Å². The minimum Gasteiger partial charge on any atom is -0.497 e. The van der Waals surface area contributed by atoms with E-state index in [1.807, 2.05) is 74.4 Å². The van der Waals surface area contributed by atoms with Crippen molar-refractivity contribution in [2.75, 3.05) is 32.7 Å². The first-order valence-corrected chi connectivity index (χ1v) is 8.33. The third-order valence-corrected chi connectivity index (χ3v) is 3.85. The maximum atomic E-state index is 11.9. The van der Waals surface area contributed by atoms with E-state index in [1.165, 1.54) is 0 Å². The van der Waals surface area contributed by atoms with Gasteiger partial charge in [0, 0.05) is 26.3 Å². The number of amides is 1. The van der Waals surface area contributed by atoms with Crippen molar-refractivity contribution < 1.29 is 14.4 Å². The Kier molecular flexibility index (Phi) is 7.02. The molecule has 0 aliphatic heterocycles. The van der Waals surface area contributed by atoms with Gasteiger partial charge in [-0.3, -0.25) is 4.79 Å². The first kappa shape index (κ1) is 19.3. The lowest BCUT2D eigenvalue weighted by molar-refractivity contribution is -0.125. The van der Waals surface area contributed by atoms with Crippen LogP contribution in [0.5, 0.6) is 5.75 Å². The molecule has 26 heavy (non-hydrogen) atoms. The van der Waals surface area contributed by atoms with E-state index in [0.717, 1.165) is 22.6 Å². The molecule has 6 heteroatoms. The summed E-state index contributed by atoms with van der Waals surface area (Å²) in [5.41, 5.74) is 3.75. The number of benzene rings is 2. The van der Waals surface area contributed by atoms with E-state index in [-0.39, 0.29) is 12.5 Å². The smallest absolute Gasteiger partial charge is 0.261 e. The van der Waals surface area contributed by atoms with E-state index < -0.39 is 0 Å². The standard InChI is InChI=1S/C20H25N3O3/c1-15(17-7-11-19(25-4)12-8-17)22-26-14-20(24)21-13-16-5-9-18(10-6-16)23(2)3/h5-12H,13-14H2,1-4H3,(H,21,24)/b22-15-. The summed E-state index contributed by atoms with van der Waals surface area (Å²) in [5, 5.41) is 6.80. The van der Waals surface area contributed by atoms with Gasteiger partial charge >= 0.3 is 0 Å². The van der Waals surface area contributed by atoms with Gasteiger partial charge in [-0.2, -0.15) is 0 Å². The van der Waals surface area contributed by atoms with Gasteiger partial charge in [-0.1, -0.05) is 17.3 Å². The summed E-state index contributed by atoms with van der Waals surface area (Å²) in [6.07, 6.45) is 0. The van der Waals surface area contributed by atoms with Gasteiger partial charge in [0.1, 0.15) is 5.75 Å². The van der Waals surface area contributed by atoms with Crippen LogP contribution in [-0.4, -0.2) is 39.4 Å². The molecular formula is C20H25N3O3. The molecule has 0 heterocycles. The lowest BCUT2D eigenvalue weighted by Crippen LogP contribution is -2.26. The summed E-state index contributed by atoms with van der Waals surface area (Å²) in [5.74, 6) is 0.563. The van der Waals surface area contributed by atoms with E-state index in [2.05, 4.69) is 10.5 Å². The molecule has 0 saturated heterocycles. The Balaban J connectivity index is 1.77. The normalized spacial score (nSPS) is 11.0. The van der Waals surface area contributed by atoms with Crippen molar-refractivity contribution in [3.8, 4) is 5.75 Å².